The highest BCUT2D eigenvalue weighted by Gasteiger charge is 2.29. The summed E-state index contributed by atoms with van der Waals surface area (Å²) in [7, 11) is -3.69. The molecule has 30 heavy (non-hydrogen) atoms. The molecule has 1 amide bonds. The molecule has 3 aromatic rings. The fourth-order valence-electron chi connectivity index (χ4n) is 3.44. The lowest BCUT2D eigenvalue weighted by atomic mass is 10.2. The van der Waals surface area contributed by atoms with Gasteiger partial charge in [-0.1, -0.05) is 47.7 Å². The number of nitrogens with zero attached hydrogens (tertiary/aromatic N) is 2. The van der Waals surface area contributed by atoms with E-state index in [2.05, 4.69) is 4.98 Å². The molecule has 0 spiro atoms. The van der Waals surface area contributed by atoms with Crippen molar-refractivity contribution in [2.45, 2.75) is 24.7 Å². The van der Waals surface area contributed by atoms with Gasteiger partial charge < -0.3 is 4.74 Å². The number of carbonyl (C=O) groups is 1. The fourth-order valence-corrected chi connectivity index (χ4v) is 5.78. The van der Waals surface area contributed by atoms with Gasteiger partial charge in [0.15, 0.2) is 15.0 Å². The summed E-state index contributed by atoms with van der Waals surface area (Å²) in [5, 5.41) is 0.283. The Bertz CT molecular complexity index is 1140. The Labute approximate surface area is 178 Å². The number of amides is 1. The van der Waals surface area contributed by atoms with Crippen LogP contribution < -0.4 is 4.90 Å². The van der Waals surface area contributed by atoms with E-state index in [4.69, 9.17) is 4.74 Å². The van der Waals surface area contributed by atoms with Crippen LogP contribution in [0.3, 0.4) is 0 Å². The maximum Gasteiger partial charge on any atom is 0.244 e. The van der Waals surface area contributed by atoms with Crippen molar-refractivity contribution in [1.29, 1.82) is 0 Å². The molecule has 0 aliphatic carbocycles. The second-order valence-corrected chi connectivity index (χ2v) is 10.3. The molecule has 1 aliphatic heterocycles. The monoisotopic (exact) mass is 448 g/mol. The predicted octanol–water partition coefficient (Wildman–Crippen LogP) is 3.56. The topological polar surface area (TPSA) is 76.6 Å². The largest absolute Gasteiger partial charge is 0.376 e. The zero-order valence-corrected chi connectivity index (χ0v) is 17.8. The minimum absolute atomic E-state index is 0.176. The Morgan fingerprint density at radius 3 is 2.70 bits per heavy atom. The summed E-state index contributed by atoms with van der Waals surface area (Å²) < 4.78 is 45.6. The van der Waals surface area contributed by atoms with Crippen LogP contribution >= 0.6 is 11.3 Å². The maximum absolute atomic E-state index is 14.1. The summed E-state index contributed by atoms with van der Waals surface area (Å²) in [5.41, 5.74) is 0.799. The van der Waals surface area contributed by atoms with E-state index in [1.165, 1.54) is 11.0 Å². The third-order valence-corrected chi connectivity index (χ3v) is 7.38. The number of benzene rings is 2. The smallest absolute Gasteiger partial charge is 0.244 e. The van der Waals surface area contributed by atoms with E-state index >= 15 is 0 Å². The highest BCUT2D eigenvalue weighted by atomic mass is 32.2. The van der Waals surface area contributed by atoms with Crippen molar-refractivity contribution >= 4 is 42.4 Å². The highest BCUT2D eigenvalue weighted by molar-refractivity contribution is 7.91. The molecule has 6 nitrogen and oxygen atoms in total. The van der Waals surface area contributed by atoms with E-state index in [0.717, 1.165) is 24.2 Å². The van der Waals surface area contributed by atoms with E-state index in [0.29, 0.717) is 16.9 Å². The Hall–Kier alpha value is -2.36. The number of hydrogen-bond acceptors (Lipinski definition) is 6. The van der Waals surface area contributed by atoms with Crippen LogP contribution in [-0.4, -0.2) is 44.3 Å². The number of rotatable bonds is 7. The van der Waals surface area contributed by atoms with Crippen molar-refractivity contribution < 1.29 is 22.3 Å². The van der Waals surface area contributed by atoms with Gasteiger partial charge in [0.05, 0.1) is 23.1 Å². The molecule has 4 rings (SSSR count). The van der Waals surface area contributed by atoms with Crippen LogP contribution in [0.4, 0.5) is 9.52 Å². The van der Waals surface area contributed by atoms with Crippen molar-refractivity contribution in [2.75, 3.05) is 23.8 Å². The fraction of sp³-hybridized carbons (Fsp3) is 0.333. The third-order valence-electron chi connectivity index (χ3n) is 4.87. The molecular formula is C21H21FN2O4S2. The quantitative estimate of drug-likeness (QED) is 0.552. The van der Waals surface area contributed by atoms with Gasteiger partial charge in [0.2, 0.25) is 5.91 Å². The first-order valence-corrected chi connectivity index (χ1v) is 12.3. The lowest BCUT2D eigenvalue weighted by molar-refractivity contribution is -0.116. The van der Waals surface area contributed by atoms with Crippen LogP contribution in [0.5, 0.6) is 0 Å². The van der Waals surface area contributed by atoms with Gasteiger partial charge in [0.1, 0.15) is 17.1 Å². The normalized spacial score (nSPS) is 16.8. The predicted molar refractivity (Wildman–Crippen MR) is 115 cm³/mol. The standard InChI is InChI=1S/C21H21FN2O4S2/c22-17-9-4-10-18-20(17)23-21(29-18)24(12-16-8-5-11-28-16)19(25)14-30(26,27)13-15-6-2-1-3-7-15/h1-4,6-7,9-10,16H,5,8,11-14H2/t16-/m1/s1. The molecule has 0 radical (unpaired) electrons. The van der Waals surface area contributed by atoms with Crippen LogP contribution in [0.25, 0.3) is 10.2 Å². The molecule has 1 saturated heterocycles. The number of hydrogen-bond donors (Lipinski definition) is 0. The second-order valence-electron chi connectivity index (χ2n) is 7.24. The van der Waals surface area contributed by atoms with E-state index in [9.17, 15) is 17.6 Å². The molecule has 1 atom stereocenters. The molecule has 0 saturated carbocycles. The lowest BCUT2D eigenvalue weighted by Crippen LogP contribution is -2.41. The Balaban J connectivity index is 1.59. The molecule has 2 heterocycles. The van der Waals surface area contributed by atoms with Gasteiger partial charge in [0.25, 0.3) is 0 Å². The molecule has 1 aliphatic rings. The molecule has 158 valence electrons. The van der Waals surface area contributed by atoms with E-state index in [1.54, 1.807) is 42.5 Å². The summed E-state index contributed by atoms with van der Waals surface area (Å²) in [6, 6.07) is 13.3. The number of fused-ring (bicyclic) bond motifs is 1. The zero-order valence-electron chi connectivity index (χ0n) is 16.2. The van der Waals surface area contributed by atoms with E-state index in [1.807, 2.05) is 0 Å². The number of thiazole rings is 1. The number of ether oxygens (including phenoxy) is 1. The molecular weight excluding hydrogens is 427 g/mol. The van der Waals surface area contributed by atoms with Crippen molar-refractivity contribution in [2.24, 2.45) is 0 Å². The minimum atomic E-state index is -3.69. The number of para-hydroxylation sites is 1. The number of aromatic nitrogens is 1. The number of carbonyl (C=O) groups excluding carboxylic acids is 1. The summed E-state index contributed by atoms with van der Waals surface area (Å²) in [5.74, 6) is -1.92. The van der Waals surface area contributed by atoms with Crippen molar-refractivity contribution in [1.82, 2.24) is 4.98 Å². The van der Waals surface area contributed by atoms with Gasteiger partial charge in [-0.05, 0) is 30.5 Å². The minimum Gasteiger partial charge on any atom is -0.376 e. The maximum atomic E-state index is 14.1. The van der Waals surface area contributed by atoms with Crippen LogP contribution in [0.1, 0.15) is 18.4 Å². The summed E-state index contributed by atoms with van der Waals surface area (Å²) in [6.07, 6.45) is 1.47. The van der Waals surface area contributed by atoms with Gasteiger partial charge in [-0.3, -0.25) is 9.69 Å². The average Bonchev–Trinajstić information content (AvgIpc) is 3.36. The van der Waals surface area contributed by atoms with Crippen molar-refractivity contribution in [3.63, 3.8) is 0 Å². The van der Waals surface area contributed by atoms with Gasteiger partial charge >= 0.3 is 0 Å². The van der Waals surface area contributed by atoms with Crippen LogP contribution in [0.2, 0.25) is 0 Å². The van der Waals surface area contributed by atoms with Crippen LogP contribution in [0, 0.1) is 5.82 Å². The summed E-state index contributed by atoms with van der Waals surface area (Å²) >= 11 is 1.16. The first kappa shape index (κ1) is 20.9. The number of sulfone groups is 1. The second kappa shape index (κ2) is 8.79. The highest BCUT2D eigenvalue weighted by Crippen LogP contribution is 2.31. The van der Waals surface area contributed by atoms with Crippen molar-refractivity contribution in [3.8, 4) is 0 Å². The average molecular weight is 449 g/mol. The van der Waals surface area contributed by atoms with Gasteiger partial charge in [0, 0.05) is 6.61 Å². The van der Waals surface area contributed by atoms with E-state index in [-0.39, 0.29) is 29.0 Å². The molecule has 0 bridgehead atoms. The molecule has 2 aromatic carbocycles. The van der Waals surface area contributed by atoms with Crippen molar-refractivity contribution in [3.05, 3.63) is 59.9 Å². The van der Waals surface area contributed by atoms with Gasteiger partial charge in [-0.2, -0.15) is 0 Å². The first-order chi connectivity index (χ1) is 14.4. The summed E-state index contributed by atoms with van der Waals surface area (Å²) in [4.78, 5) is 18.7. The zero-order chi connectivity index (χ0) is 21.1. The SMILES string of the molecule is O=C(CS(=O)(=O)Cc1ccccc1)N(C[C@H]1CCCO1)c1nc2c(F)cccc2s1. The lowest BCUT2D eigenvalue weighted by Gasteiger charge is -2.23. The first-order valence-electron chi connectivity index (χ1n) is 9.63. The Kier molecular flexibility index (Phi) is 6.12. The Morgan fingerprint density at radius 1 is 1.20 bits per heavy atom. The molecule has 0 N–H and O–H groups in total. The molecule has 0 unspecified atom stereocenters. The third kappa shape index (κ3) is 4.85. The summed E-state index contributed by atoms with van der Waals surface area (Å²) in [6.45, 7) is 0.800. The molecule has 9 heteroatoms. The van der Waals surface area contributed by atoms with Gasteiger partial charge in [-0.15, -0.1) is 0 Å². The Morgan fingerprint density at radius 2 is 2.00 bits per heavy atom. The molecule has 1 fully saturated rings. The van der Waals surface area contributed by atoms with E-state index < -0.39 is 27.3 Å². The molecule has 1 aromatic heterocycles. The number of anilines is 1. The van der Waals surface area contributed by atoms with Crippen LogP contribution in [0.15, 0.2) is 48.5 Å². The van der Waals surface area contributed by atoms with Crippen LogP contribution in [-0.2, 0) is 25.1 Å². The number of halogens is 1. The van der Waals surface area contributed by atoms with Gasteiger partial charge in [-0.25, -0.2) is 17.8 Å².